The summed E-state index contributed by atoms with van der Waals surface area (Å²) in [5.74, 6) is -3.04. The van der Waals surface area contributed by atoms with Gasteiger partial charge in [0, 0.05) is 30.1 Å². The van der Waals surface area contributed by atoms with Gasteiger partial charge >= 0.3 is 5.97 Å². The second-order valence-corrected chi connectivity index (χ2v) is 13.5. The van der Waals surface area contributed by atoms with Gasteiger partial charge in [0.25, 0.3) is 0 Å². The van der Waals surface area contributed by atoms with Gasteiger partial charge in [0.15, 0.2) is 0 Å². The molecule has 1 aliphatic heterocycles. The van der Waals surface area contributed by atoms with Crippen LogP contribution in [0.3, 0.4) is 0 Å². The highest BCUT2D eigenvalue weighted by Crippen LogP contribution is 2.48. The fourth-order valence-electron chi connectivity index (χ4n) is 6.35. The molecule has 1 aliphatic rings. The van der Waals surface area contributed by atoms with Crippen LogP contribution in [0.15, 0.2) is 66.7 Å². The molecule has 2 N–H and O–H groups in total. The molecule has 3 aromatic carbocycles. The fraction of sp³-hybridized carbons (Fsp3) is 0.429. The van der Waals surface area contributed by atoms with Crippen molar-refractivity contribution >= 4 is 11.9 Å². The van der Waals surface area contributed by atoms with Crippen molar-refractivity contribution in [3.8, 4) is 5.75 Å². The zero-order chi connectivity index (χ0) is 31.7. The second-order valence-electron chi connectivity index (χ2n) is 13.5. The van der Waals surface area contributed by atoms with Crippen LogP contribution >= 0.6 is 0 Å². The van der Waals surface area contributed by atoms with Crippen LogP contribution in [-0.2, 0) is 28.0 Å². The quantitative estimate of drug-likeness (QED) is 0.306. The number of benzene rings is 3. The first-order chi connectivity index (χ1) is 20.1. The van der Waals surface area contributed by atoms with Gasteiger partial charge in [-0.05, 0) is 45.7 Å². The number of hydrogen-bond acceptors (Lipinski definition) is 4. The molecule has 0 unspecified atom stereocenters. The average Bonchev–Trinajstić information content (AvgIpc) is 3.27. The molecular weight excluding hydrogens is 550 g/mol. The monoisotopic (exact) mass is 592 g/mol. The Morgan fingerprint density at radius 2 is 1.56 bits per heavy atom. The fourth-order valence-corrected chi connectivity index (χ4v) is 6.35. The van der Waals surface area contributed by atoms with E-state index >= 15 is 0 Å². The van der Waals surface area contributed by atoms with Crippen LogP contribution in [0.4, 0.5) is 8.78 Å². The minimum atomic E-state index is -1.18. The first-order valence-electron chi connectivity index (χ1n) is 14.6. The molecule has 6 nitrogen and oxygen atoms in total. The lowest BCUT2D eigenvalue weighted by atomic mass is 9.72. The van der Waals surface area contributed by atoms with E-state index in [0.29, 0.717) is 12.3 Å². The third-order valence-electron chi connectivity index (χ3n) is 8.30. The van der Waals surface area contributed by atoms with E-state index in [2.05, 4.69) is 32.2 Å². The molecule has 230 valence electrons. The molecule has 3 aromatic rings. The highest BCUT2D eigenvalue weighted by atomic mass is 19.1. The molecule has 43 heavy (non-hydrogen) atoms. The van der Waals surface area contributed by atoms with Gasteiger partial charge in [-0.25, -0.2) is 13.6 Å². The number of aliphatic carboxylic acids is 1. The van der Waals surface area contributed by atoms with Crippen LogP contribution in [-0.4, -0.2) is 41.1 Å². The summed E-state index contributed by atoms with van der Waals surface area (Å²) in [6.07, 6.45) is -0.340. The molecule has 0 spiro atoms. The molecule has 8 heteroatoms. The smallest absolute Gasteiger partial charge is 0.326 e. The predicted molar refractivity (Wildman–Crippen MR) is 163 cm³/mol. The minimum Gasteiger partial charge on any atom is -0.496 e. The summed E-state index contributed by atoms with van der Waals surface area (Å²) in [6, 6.07) is 16.1. The maximum absolute atomic E-state index is 14.1. The number of rotatable bonds is 8. The van der Waals surface area contributed by atoms with Gasteiger partial charge in [-0.3, -0.25) is 4.79 Å². The van der Waals surface area contributed by atoms with Crippen LogP contribution in [0.25, 0.3) is 0 Å². The van der Waals surface area contributed by atoms with Gasteiger partial charge in [-0.15, -0.1) is 0 Å². The highest BCUT2D eigenvalue weighted by molar-refractivity contribution is 5.87. The van der Waals surface area contributed by atoms with E-state index in [1.54, 1.807) is 7.11 Å². The molecule has 0 saturated carbocycles. The number of carboxylic acid groups (broad SMARTS) is 1. The van der Waals surface area contributed by atoms with E-state index in [9.17, 15) is 23.5 Å². The number of carbonyl (C=O) groups is 2. The molecule has 4 atom stereocenters. The Bertz CT molecular complexity index is 1440. The Kier molecular flexibility index (Phi) is 9.30. The number of amides is 1. The molecule has 1 fully saturated rings. The van der Waals surface area contributed by atoms with E-state index in [4.69, 9.17) is 4.74 Å². The molecule has 1 amide bonds. The summed E-state index contributed by atoms with van der Waals surface area (Å²) in [5.41, 5.74) is 2.33. The van der Waals surface area contributed by atoms with Gasteiger partial charge in [0.05, 0.1) is 19.6 Å². The number of likely N-dealkylation sites (tertiary alicyclic amines) is 1. The van der Waals surface area contributed by atoms with Gasteiger partial charge in [-0.2, -0.15) is 0 Å². The van der Waals surface area contributed by atoms with Crippen molar-refractivity contribution in [2.45, 2.75) is 78.0 Å². The van der Waals surface area contributed by atoms with Gasteiger partial charge in [0.1, 0.15) is 23.4 Å². The van der Waals surface area contributed by atoms with Crippen molar-refractivity contribution in [2.75, 3.05) is 7.11 Å². The van der Waals surface area contributed by atoms with Crippen molar-refractivity contribution in [1.29, 1.82) is 0 Å². The standard InChI is InChI=1S/C35H42F2N2O4/c1-34(2,3)24-13-14-27(43-7)23(18-24)20-38-30-29(35(4,5)6)32(33(41)42)39(31(30)22-11-9-8-10-12-22)28(40)17-21-15-25(36)19-26(37)16-21/h8-16,18-19,29-32,38H,17,20H2,1-7H3,(H,41,42)/t29-,30-,31-,32-/m0/s1. The number of carbonyl (C=O) groups excluding carboxylic acids is 1. The maximum Gasteiger partial charge on any atom is 0.326 e. The summed E-state index contributed by atoms with van der Waals surface area (Å²) in [7, 11) is 1.62. The van der Waals surface area contributed by atoms with E-state index < -0.39 is 53.0 Å². The van der Waals surface area contributed by atoms with Crippen LogP contribution in [0.5, 0.6) is 5.75 Å². The van der Waals surface area contributed by atoms with Crippen molar-refractivity contribution in [1.82, 2.24) is 10.2 Å². The molecule has 0 aliphatic carbocycles. The Labute approximate surface area is 253 Å². The topological polar surface area (TPSA) is 78.9 Å². The Balaban J connectivity index is 1.82. The minimum absolute atomic E-state index is 0.0943. The highest BCUT2D eigenvalue weighted by Gasteiger charge is 2.57. The lowest BCUT2D eigenvalue weighted by Gasteiger charge is -2.35. The molecule has 0 bridgehead atoms. The zero-order valence-corrected chi connectivity index (χ0v) is 25.9. The van der Waals surface area contributed by atoms with Crippen LogP contribution in [0.2, 0.25) is 0 Å². The third kappa shape index (κ3) is 7.07. The number of ether oxygens (including phenoxy) is 1. The average molecular weight is 593 g/mol. The summed E-state index contributed by atoms with van der Waals surface area (Å²) in [6.45, 7) is 12.7. The van der Waals surface area contributed by atoms with E-state index in [-0.39, 0.29) is 17.4 Å². The molecule has 1 saturated heterocycles. The summed E-state index contributed by atoms with van der Waals surface area (Å²) < 4.78 is 33.7. The molecule has 4 rings (SSSR count). The normalized spacial score (nSPS) is 20.7. The van der Waals surface area contributed by atoms with E-state index in [0.717, 1.165) is 34.9 Å². The largest absolute Gasteiger partial charge is 0.496 e. The number of nitrogens with zero attached hydrogens (tertiary/aromatic N) is 1. The lowest BCUT2D eigenvalue weighted by Crippen LogP contribution is -2.48. The zero-order valence-electron chi connectivity index (χ0n) is 25.9. The number of hydrogen-bond donors (Lipinski definition) is 2. The van der Waals surface area contributed by atoms with Gasteiger partial charge in [-0.1, -0.05) is 84.0 Å². The number of methoxy groups -OCH3 is 1. The molecule has 1 heterocycles. The summed E-state index contributed by atoms with van der Waals surface area (Å²) in [4.78, 5) is 28.5. The van der Waals surface area contributed by atoms with Crippen molar-refractivity contribution in [2.24, 2.45) is 11.3 Å². The Morgan fingerprint density at radius 3 is 2.09 bits per heavy atom. The molecular formula is C35H42F2N2O4. The van der Waals surface area contributed by atoms with E-state index in [1.165, 1.54) is 4.90 Å². The van der Waals surface area contributed by atoms with Crippen LogP contribution in [0.1, 0.15) is 69.8 Å². The van der Waals surface area contributed by atoms with E-state index in [1.807, 2.05) is 63.2 Å². The van der Waals surface area contributed by atoms with Gasteiger partial charge in [0.2, 0.25) is 5.91 Å². The molecule has 0 aromatic heterocycles. The predicted octanol–water partition coefficient (Wildman–Crippen LogP) is 6.67. The Hall–Kier alpha value is -3.78. The molecule has 0 radical (unpaired) electrons. The van der Waals surface area contributed by atoms with Crippen molar-refractivity contribution in [3.63, 3.8) is 0 Å². The van der Waals surface area contributed by atoms with Crippen molar-refractivity contribution < 1.29 is 28.2 Å². The van der Waals surface area contributed by atoms with Gasteiger partial charge < -0.3 is 20.1 Å². The first kappa shape index (κ1) is 32.1. The Morgan fingerprint density at radius 1 is 0.930 bits per heavy atom. The lowest BCUT2D eigenvalue weighted by molar-refractivity contribution is -0.152. The number of nitrogens with one attached hydrogen (secondary N) is 1. The maximum atomic E-state index is 14.1. The van der Waals surface area contributed by atoms with Crippen LogP contribution < -0.4 is 10.1 Å². The summed E-state index contributed by atoms with van der Waals surface area (Å²) in [5, 5.41) is 14.3. The summed E-state index contributed by atoms with van der Waals surface area (Å²) >= 11 is 0. The first-order valence-corrected chi connectivity index (χ1v) is 14.6. The number of halogens is 2. The van der Waals surface area contributed by atoms with Crippen LogP contribution in [0, 0.1) is 23.0 Å². The second kappa shape index (κ2) is 12.4. The SMILES string of the molecule is COc1ccc(C(C)(C)C)cc1CN[C@H]1[C@H](C(C)(C)C)[C@@H](C(=O)O)N(C(=O)Cc2cc(F)cc(F)c2)[C@H]1c1ccccc1. The number of carboxylic acids is 1. The third-order valence-corrected chi connectivity index (χ3v) is 8.30. The van der Waals surface area contributed by atoms with Crippen molar-refractivity contribution in [3.05, 3.63) is 101 Å².